The van der Waals surface area contributed by atoms with Gasteiger partial charge >= 0.3 is 0 Å². The molecular weight excluding hydrogens is 320 g/mol. The van der Waals surface area contributed by atoms with Crippen LogP contribution >= 0.6 is 27.5 Å². The first-order valence-corrected chi connectivity index (χ1v) is 6.13. The Bertz CT molecular complexity index is 712. The second-order valence-electron chi connectivity index (χ2n) is 3.49. The maximum Gasteiger partial charge on any atom is 0.226 e. The standard InChI is InChI=1S/C10H6BrClN6/c11-5-1-6(3-13-2-5)15-8-7-4-14-18-9(7)17-10(12)16-8/h1-4H,(H2,14,15,16,17,18). The van der Waals surface area contributed by atoms with E-state index in [1.807, 2.05) is 6.07 Å². The van der Waals surface area contributed by atoms with Crippen LogP contribution in [0.1, 0.15) is 0 Å². The second-order valence-corrected chi connectivity index (χ2v) is 4.74. The lowest BCUT2D eigenvalue weighted by atomic mass is 10.3. The molecular formula is C10H6BrClN6. The Kier molecular flexibility index (Phi) is 2.85. The number of halogens is 2. The Morgan fingerprint density at radius 2 is 2.11 bits per heavy atom. The number of rotatable bonds is 2. The SMILES string of the molecule is Clc1nc(Nc2cncc(Br)c2)c2cn[nH]c2n1. The largest absolute Gasteiger partial charge is 0.338 e. The molecule has 3 aromatic rings. The Morgan fingerprint density at radius 3 is 2.94 bits per heavy atom. The van der Waals surface area contributed by atoms with Gasteiger partial charge in [-0.1, -0.05) is 0 Å². The number of anilines is 2. The van der Waals surface area contributed by atoms with E-state index in [0.29, 0.717) is 11.5 Å². The molecule has 18 heavy (non-hydrogen) atoms. The molecule has 0 bridgehead atoms. The Labute approximate surface area is 115 Å². The highest BCUT2D eigenvalue weighted by Gasteiger charge is 2.08. The summed E-state index contributed by atoms with van der Waals surface area (Å²) < 4.78 is 0.871. The Morgan fingerprint density at radius 1 is 1.22 bits per heavy atom. The fraction of sp³-hybridized carbons (Fsp3) is 0. The number of aromatic amines is 1. The van der Waals surface area contributed by atoms with Crippen molar-refractivity contribution in [2.45, 2.75) is 0 Å². The van der Waals surface area contributed by atoms with Crippen LogP contribution in [0.25, 0.3) is 11.0 Å². The molecule has 0 saturated heterocycles. The van der Waals surface area contributed by atoms with Crippen LogP contribution in [0.2, 0.25) is 5.28 Å². The summed E-state index contributed by atoms with van der Waals surface area (Å²) in [5, 5.41) is 10.7. The summed E-state index contributed by atoms with van der Waals surface area (Å²) in [6.45, 7) is 0. The van der Waals surface area contributed by atoms with E-state index < -0.39 is 0 Å². The van der Waals surface area contributed by atoms with Gasteiger partial charge in [0.1, 0.15) is 5.82 Å². The van der Waals surface area contributed by atoms with Gasteiger partial charge in [0.25, 0.3) is 0 Å². The highest BCUT2D eigenvalue weighted by molar-refractivity contribution is 9.10. The van der Waals surface area contributed by atoms with Gasteiger partial charge in [0.2, 0.25) is 5.28 Å². The van der Waals surface area contributed by atoms with Crippen molar-refractivity contribution in [2.75, 3.05) is 5.32 Å². The molecule has 0 aliphatic rings. The molecule has 0 radical (unpaired) electrons. The van der Waals surface area contributed by atoms with Crippen LogP contribution in [0.4, 0.5) is 11.5 Å². The van der Waals surface area contributed by atoms with Gasteiger partial charge in [0.05, 0.1) is 23.5 Å². The molecule has 0 saturated carbocycles. The van der Waals surface area contributed by atoms with Crippen molar-refractivity contribution in [1.82, 2.24) is 25.1 Å². The minimum atomic E-state index is 0.150. The first-order chi connectivity index (χ1) is 8.72. The predicted octanol–water partition coefficient (Wildman–Crippen LogP) is 2.91. The highest BCUT2D eigenvalue weighted by atomic mass is 79.9. The highest BCUT2D eigenvalue weighted by Crippen LogP contribution is 2.24. The molecule has 8 heteroatoms. The molecule has 0 unspecified atom stereocenters. The van der Waals surface area contributed by atoms with Gasteiger partial charge in [-0.3, -0.25) is 10.1 Å². The monoisotopic (exact) mass is 324 g/mol. The zero-order chi connectivity index (χ0) is 12.5. The van der Waals surface area contributed by atoms with Gasteiger partial charge in [-0.15, -0.1) is 0 Å². The van der Waals surface area contributed by atoms with Gasteiger partial charge in [-0.2, -0.15) is 15.1 Å². The summed E-state index contributed by atoms with van der Waals surface area (Å²) in [7, 11) is 0. The van der Waals surface area contributed by atoms with E-state index in [1.54, 1.807) is 18.6 Å². The normalized spacial score (nSPS) is 10.8. The quantitative estimate of drug-likeness (QED) is 0.708. The number of nitrogens with one attached hydrogen (secondary N) is 2. The zero-order valence-electron chi connectivity index (χ0n) is 8.85. The van der Waals surface area contributed by atoms with Gasteiger partial charge in [0, 0.05) is 10.7 Å². The molecule has 0 fully saturated rings. The molecule has 0 atom stereocenters. The van der Waals surface area contributed by atoms with Crippen LogP contribution in [-0.2, 0) is 0 Å². The van der Waals surface area contributed by atoms with Crippen molar-refractivity contribution in [3.8, 4) is 0 Å². The van der Waals surface area contributed by atoms with E-state index in [4.69, 9.17) is 11.6 Å². The van der Waals surface area contributed by atoms with Crippen molar-refractivity contribution in [3.63, 3.8) is 0 Å². The molecule has 3 rings (SSSR count). The first-order valence-electron chi connectivity index (χ1n) is 4.96. The summed E-state index contributed by atoms with van der Waals surface area (Å²) in [6, 6.07) is 1.88. The van der Waals surface area contributed by atoms with Crippen LogP contribution < -0.4 is 5.32 Å². The summed E-state index contributed by atoms with van der Waals surface area (Å²) in [5.41, 5.74) is 1.38. The third kappa shape index (κ3) is 2.14. The lowest BCUT2D eigenvalue weighted by Gasteiger charge is -2.06. The number of hydrogen-bond donors (Lipinski definition) is 2. The molecule has 3 aromatic heterocycles. The maximum absolute atomic E-state index is 5.84. The Balaban J connectivity index is 2.06. The van der Waals surface area contributed by atoms with Gasteiger partial charge in [-0.05, 0) is 33.6 Å². The topological polar surface area (TPSA) is 79.4 Å². The molecule has 0 aliphatic carbocycles. The molecule has 90 valence electrons. The number of fused-ring (bicyclic) bond motifs is 1. The van der Waals surface area contributed by atoms with Gasteiger partial charge < -0.3 is 5.32 Å². The Hall–Kier alpha value is -1.73. The smallest absolute Gasteiger partial charge is 0.226 e. The van der Waals surface area contributed by atoms with Gasteiger partial charge in [-0.25, -0.2) is 0 Å². The lowest BCUT2D eigenvalue weighted by Crippen LogP contribution is -1.96. The van der Waals surface area contributed by atoms with E-state index in [0.717, 1.165) is 15.5 Å². The van der Waals surface area contributed by atoms with Gasteiger partial charge in [0.15, 0.2) is 5.65 Å². The van der Waals surface area contributed by atoms with Crippen LogP contribution in [0.3, 0.4) is 0 Å². The molecule has 2 N–H and O–H groups in total. The first kappa shape index (κ1) is 11.4. The minimum Gasteiger partial charge on any atom is -0.338 e. The van der Waals surface area contributed by atoms with Crippen LogP contribution in [0.5, 0.6) is 0 Å². The molecule has 6 nitrogen and oxygen atoms in total. The maximum atomic E-state index is 5.84. The summed E-state index contributed by atoms with van der Waals surface area (Å²) >= 11 is 9.20. The van der Waals surface area contributed by atoms with E-state index in [2.05, 4.69) is 46.4 Å². The average Bonchev–Trinajstić information content (AvgIpc) is 2.77. The number of nitrogens with zero attached hydrogens (tertiary/aromatic N) is 4. The van der Waals surface area contributed by atoms with Crippen LogP contribution in [0.15, 0.2) is 29.1 Å². The molecule has 0 aromatic carbocycles. The minimum absolute atomic E-state index is 0.150. The number of pyridine rings is 1. The fourth-order valence-electron chi connectivity index (χ4n) is 1.52. The molecule has 0 spiro atoms. The van der Waals surface area contributed by atoms with Crippen LogP contribution in [-0.4, -0.2) is 25.1 Å². The molecule has 0 amide bonds. The van der Waals surface area contributed by atoms with Crippen molar-refractivity contribution in [2.24, 2.45) is 0 Å². The third-order valence-corrected chi connectivity index (χ3v) is 2.85. The summed E-state index contributed by atoms with van der Waals surface area (Å²) in [4.78, 5) is 12.2. The number of H-pyrrole nitrogens is 1. The lowest BCUT2D eigenvalue weighted by molar-refractivity contribution is 1.09. The molecule has 3 heterocycles. The second kappa shape index (κ2) is 4.51. The summed E-state index contributed by atoms with van der Waals surface area (Å²) in [5.74, 6) is 0.582. The molecule has 0 aliphatic heterocycles. The van der Waals surface area contributed by atoms with E-state index >= 15 is 0 Å². The van der Waals surface area contributed by atoms with Crippen LogP contribution in [0, 0.1) is 0 Å². The zero-order valence-corrected chi connectivity index (χ0v) is 11.2. The summed E-state index contributed by atoms with van der Waals surface area (Å²) in [6.07, 6.45) is 5.03. The van der Waals surface area contributed by atoms with Crippen molar-refractivity contribution in [1.29, 1.82) is 0 Å². The number of hydrogen-bond acceptors (Lipinski definition) is 5. The van der Waals surface area contributed by atoms with E-state index in [1.165, 1.54) is 0 Å². The predicted molar refractivity (Wildman–Crippen MR) is 71.9 cm³/mol. The third-order valence-electron chi connectivity index (χ3n) is 2.25. The number of aromatic nitrogens is 5. The van der Waals surface area contributed by atoms with Crippen molar-refractivity contribution >= 4 is 50.1 Å². The van der Waals surface area contributed by atoms with Crippen molar-refractivity contribution < 1.29 is 0 Å². The van der Waals surface area contributed by atoms with Crippen molar-refractivity contribution in [3.05, 3.63) is 34.4 Å². The fourth-order valence-corrected chi connectivity index (χ4v) is 2.05. The van der Waals surface area contributed by atoms with E-state index in [9.17, 15) is 0 Å². The van der Waals surface area contributed by atoms with E-state index in [-0.39, 0.29) is 5.28 Å². The average molecular weight is 326 g/mol.